The van der Waals surface area contributed by atoms with Gasteiger partial charge in [0.15, 0.2) is 0 Å². The number of hydrazone groups is 1. The third-order valence-corrected chi connectivity index (χ3v) is 4.40. The predicted molar refractivity (Wildman–Crippen MR) is 111 cm³/mol. The average Bonchev–Trinajstić information content (AvgIpc) is 2.76. The lowest BCUT2D eigenvalue weighted by Gasteiger charge is -2.07. The molecule has 0 fully saturated rings. The third-order valence-electron chi connectivity index (χ3n) is 3.78. The number of nitrogens with zero attached hydrogens (tertiary/aromatic N) is 3. The summed E-state index contributed by atoms with van der Waals surface area (Å²) in [5.41, 5.74) is 3.47. The number of amides is 1. The molecule has 10 heteroatoms. The summed E-state index contributed by atoms with van der Waals surface area (Å²) in [7, 11) is 0. The van der Waals surface area contributed by atoms with Gasteiger partial charge in [0.2, 0.25) is 0 Å². The molecule has 0 saturated carbocycles. The van der Waals surface area contributed by atoms with E-state index in [4.69, 9.17) is 4.74 Å². The Bertz CT molecular complexity index is 1120. The Morgan fingerprint density at radius 3 is 2.53 bits per heavy atom. The van der Waals surface area contributed by atoms with E-state index >= 15 is 0 Å². The standard InChI is InChI=1S/C20H13BrN4O5/c21-17-10-13(11-23-24-19(26)15-2-1-9-22-12-15)3-8-18(17)30-20(27)14-4-6-16(7-5-14)25(28)29/h1-12H,(H,24,26). The second kappa shape index (κ2) is 9.52. The van der Waals surface area contributed by atoms with E-state index in [9.17, 15) is 19.7 Å². The lowest BCUT2D eigenvalue weighted by molar-refractivity contribution is -0.384. The van der Waals surface area contributed by atoms with Crippen molar-refractivity contribution in [2.45, 2.75) is 0 Å². The second-order valence-electron chi connectivity index (χ2n) is 5.82. The number of non-ortho nitro benzene ring substituents is 1. The molecule has 0 saturated heterocycles. The molecule has 0 aliphatic carbocycles. The number of carbonyl (C=O) groups is 2. The number of pyridine rings is 1. The summed E-state index contributed by atoms with van der Waals surface area (Å²) in [6.45, 7) is 0. The van der Waals surface area contributed by atoms with Crippen molar-refractivity contribution < 1.29 is 19.2 Å². The van der Waals surface area contributed by atoms with E-state index in [0.717, 1.165) is 0 Å². The van der Waals surface area contributed by atoms with Gasteiger partial charge in [-0.3, -0.25) is 19.9 Å². The van der Waals surface area contributed by atoms with Crippen LogP contribution in [-0.4, -0.2) is 28.0 Å². The van der Waals surface area contributed by atoms with Gasteiger partial charge in [-0.15, -0.1) is 0 Å². The molecule has 0 spiro atoms. The SMILES string of the molecule is O=C(NN=Cc1ccc(OC(=O)c2ccc([N+](=O)[O-])cc2)c(Br)c1)c1cccnc1. The number of nitrogens with one attached hydrogen (secondary N) is 1. The van der Waals surface area contributed by atoms with Crippen LogP contribution in [0, 0.1) is 10.1 Å². The van der Waals surface area contributed by atoms with E-state index in [0.29, 0.717) is 15.6 Å². The number of ether oxygens (including phenoxy) is 1. The molecule has 1 N–H and O–H groups in total. The second-order valence-corrected chi connectivity index (χ2v) is 6.68. The lowest BCUT2D eigenvalue weighted by Crippen LogP contribution is -2.17. The Kier molecular flexibility index (Phi) is 6.60. The molecule has 1 amide bonds. The molecule has 9 nitrogen and oxygen atoms in total. The van der Waals surface area contributed by atoms with E-state index in [1.807, 2.05) is 0 Å². The van der Waals surface area contributed by atoms with Crippen LogP contribution in [0.25, 0.3) is 0 Å². The minimum absolute atomic E-state index is 0.119. The van der Waals surface area contributed by atoms with E-state index in [2.05, 4.69) is 31.4 Å². The highest BCUT2D eigenvalue weighted by atomic mass is 79.9. The normalized spacial score (nSPS) is 10.6. The largest absolute Gasteiger partial charge is 0.422 e. The lowest BCUT2D eigenvalue weighted by atomic mass is 10.2. The van der Waals surface area contributed by atoms with E-state index in [-0.39, 0.29) is 17.0 Å². The van der Waals surface area contributed by atoms with Gasteiger partial charge in [0, 0.05) is 24.5 Å². The zero-order chi connectivity index (χ0) is 21.5. The molecule has 2 aromatic carbocycles. The number of benzene rings is 2. The Morgan fingerprint density at radius 1 is 1.13 bits per heavy atom. The van der Waals surface area contributed by atoms with Crippen LogP contribution in [0.2, 0.25) is 0 Å². The number of hydrogen-bond acceptors (Lipinski definition) is 7. The smallest absolute Gasteiger partial charge is 0.343 e. The van der Waals surface area contributed by atoms with Crippen molar-refractivity contribution in [1.82, 2.24) is 10.4 Å². The summed E-state index contributed by atoms with van der Waals surface area (Å²) in [5, 5.41) is 14.6. The molecule has 0 bridgehead atoms. The summed E-state index contributed by atoms with van der Waals surface area (Å²) < 4.78 is 5.80. The molecule has 0 unspecified atom stereocenters. The van der Waals surface area contributed by atoms with Crippen LogP contribution in [0.5, 0.6) is 5.75 Å². The van der Waals surface area contributed by atoms with Gasteiger partial charge in [0.1, 0.15) is 5.75 Å². The fraction of sp³-hybridized carbons (Fsp3) is 0. The maximum Gasteiger partial charge on any atom is 0.343 e. The van der Waals surface area contributed by atoms with Crippen LogP contribution in [0.3, 0.4) is 0 Å². The van der Waals surface area contributed by atoms with Gasteiger partial charge in [0.25, 0.3) is 11.6 Å². The minimum atomic E-state index is -0.657. The van der Waals surface area contributed by atoms with E-state index < -0.39 is 16.8 Å². The van der Waals surface area contributed by atoms with Gasteiger partial charge in [-0.1, -0.05) is 0 Å². The molecular formula is C20H13BrN4O5. The first-order valence-corrected chi connectivity index (χ1v) is 9.23. The molecule has 3 aromatic rings. The molecule has 3 rings (SSSR count). The number of carbonyl (C=O) groups excluding carboxylic acids is 2. The van der Waals surface area contributed by atoms with Gasteiger partial charge >= 0.3 is 5.97 Å². The predicted octanol–water partition coefficient (Wildman–Crippen LogP) is 3.74. The summed E-state index contributed by atoms with van der Waals surface area (Å²) >= 11 is 3.31. The fourth-order valence-electron chi connectivity index (χ4n) is 2.29. The highest BCUT2D eigenvalue weighted by Crippen LogP contribution is 2.26. The summed E-state index contributed by atoms with van der Waals surface area (Å²) in [6.07, 6.45) is 4.42. The van der Waals surface area contributed by atoms with Crippen molar-refractivity contribution in [1.29, 1.82) is 0 Å². The molecule has 30 heavy (non-hydrogen) atoms. The number of rotatable bonds is 6. The first-order chi connectivity index (χ1) is 14.4. The van der Waals surface area contributed by atoms with Crippen molar-refractivity contribution >= 4 is 39.7 Å². The fourth-order valence-corrected chi connectivity index (χ4v) is 2.76. The number of esters is 1. The Morgan fingerprint density at radius 2 is 1.90 bits per heavy atom. The maximum absolute atomic E-state index is 12.2. The van der Waals surface area contributed by atoms with Gasteiger partial charge < -0.3 is 4.74 Å². The van der Waals surface area contributed by atoms with Crippen molar-refractivity contribution in [3.05, 3.63) is 98.3 Å². The number of nitro benzene ring substituents is 1. The highest BCUT2D eigenvalue weighted by molar-refractivity contribution is 9.10. The van der Waals surface area contributed by atoms with Gasteiger partial charge in [0.05, 0.1) is 26.7 Å². The van der Waals surface area contributed by atoms with Crippen molar-refractivity contribution in [3.8, 4) is 5.75 Å². The average molecular weight is 469 g/mol. The van der Waals surface area contributed by atoms with Crippen molar-refractivity contribution in [2.75, 3.05) is 0 Å². The highest BCUT2D eigenvalue weighted by Gasteiger charge is 2.13. The molecule has 1 heterocycles. The zero-order valence-electron chi connectivity index (χ0n) is 15.2. The summed E-state index contributed by atoms with van der Waals surface area (Å²) in [5.74, 6) is -0.794. The molecular weight excluding hydrogens is 456 g/mol. The Hall–Kier alpha value is -3.92. The van der Waals surface area contributed by atoms with Crippen molar-refractivity contribution in [2.24, 2.45) is 5.10 Å². The summed E-state index contributed by atoms with van der Waals surface area (Å²) in [6, 6.07) is 13.2. The minimum Gasteiger partial charge on any atom is -0.422 e. The molecule has 0 aliphatic heterocycles. The van der Waals surface area contributed by atoms with Crippen LogP contribution in [0.4, 0.5) is 5.69 Å². The van der Waals surface area contributed by atoms with Crippen LogP contribution in [0.1, 0.15) is 26.3 Å². The van der Waals surface area contributed by atoms with Gasteiger partial charge in [-0.2, -0.15) is 5.10 Å². The molecule has 150 valence electrons. The van der Waals surface area contributed by atoms with Crippen molar-refractivity contribution in [3.63, 3.8) is 0 Å². The van der Waals surface area contributed by atoms with E-state index in [1.54, 1.807) is 36.5 Å². The Balaban J connectivity index is 1.62. The zero-order valence-corrected chi connectivity index (χ0v) is 16.8. The van der Waals surface area contributed by atoms with Crippen LogP contribution in [0.15, 0.2) is 76.6 Å². The number of aromatic nitrogens is 1. The van der Waals surface area contributed by atoms with Gasteiger partial charge in [-0.25, -0.2) is 10.2 Å². The molecule has 0 atom stereocenters. The van der Waals surface area contributed by atoms with Gasteiger partial charge in [-0.05, 0) is 64.0 Å². The monoisotopic (exact) mass is 468 g/mol. The van der Waals surface area contributed by atoms with Crippen LogP contribution >= 0.6 is 15.9 Å². The quantitative estimate of drug-likeness (QED) is 0.193. The van der Waals surface area contributed by atoms with Crippen LogP contribution < -0.4 is 10.2 Å². The first-order valence-electron chi connectivity index (χ1n) is 8.43. The Labute approximate surface area is 178 Å². The third kappa shape index (κ3) is 5.32. The number of nitro groups is 1. The number of halogens is 1. The van der Waals surface area contributed by atoms with Crippen LogP contribution in [-0.2, 0) is 0 Å². The molecule has 0 aliphatic rings. The molecule has 1 aromatic heterocycles. The number of hydrogen-bond donors (Lipinski definition) is 1. The van der Waals surface area contributed by atoms with E-state index in [1.165, 1.54) is 36.7 Å². The maximum atomic E-state index is 12.2. The molecule has 0 radical (unpaired) electrons. The topological polar surface area (TPSA) is 124 Å². The first kappa shape index (κ1) is 20.8. The summed E-state index contributed by atoms with van der Waals surface area (Å²) in [4.78, 5) is 38.1.